The van der Waals surface area contributed by atoms with Crippen LogP contribution in [0.4, 0.5) is 9.80 Å². The molecule has 0 radical (unpaired) electrons. The molecule has 20 heavy (non-hydrogen) atoms. The maximum Gasteiger partial charge on any atom is 0.338 e. The van der Waals surface area contributed by atoms with E-state index < -0.39 is 5.97 Å². The minimum atomic E-state index is -1.02. The van der Waals surface area contributed by atoms with E-state index in [2.05, 4.69) is 31.4 Å². The number of carbonyl (C=O) groups is 2. The molecule has 0 saturated carbocycles. The van der Waals surface area contributed by atoms with E-state index >= 15 is 0 Å². The van der Waals surface area contributed by atoms with Gasteiger partial charge in [-0.25, -0.2) is 9.59 Å². The van der Waals surface area contributed by atoms with E-state index in [0.29, 0.717) is 17.1 Å². The van der Waals surface area contributed by atoms with Crippen LogP contribution >= 0.6 is 11.3 Å². The summed E-state index contributed by atoms with van der Waals surface area (Å²) in [5.41, 5.74) is 1.03. The lowest BCUT2D eigenvalue weighted by Crippen LogP contribution is -2.31. The Morgan fingerprint density at radius 2 is 1.85 bits per heavy atom. The monoisotopic (exact) mass is 298 g/mol. The zero-order valence-electron chi connectivity index (χ0n) is 12.6. The number of amides is 2. The molecular formula is C14H22N2O3S. The quantitative estimate of drug-likeness (QED) is 0.794. The molecular weight excluding hydrogens is 276 g/mol. The molecule has 0 spiro atoms. The standard InChI is InChI=1S/C14H22N2O3S/c1-8-9(2)20-11(10(8)12(17)18)16-13(19)15-7-6-14(3,4)5/h6-7H2,1-5H3,(H,17,18)(H2,15,16,19). The number of carbonyl (C=O) groups excluding carboxylic acids is 1. The lowest BCUT2D eigenvalue weighted by atomic mass is 9.92. The highest BCUT2D eigenvalue weighted by molar-refractivity contribution is 7.16. The zero-order valence-corrected chi connectivity index (χ0v) is 13.4. The van der Waals surface area contributed by atoms with Crippen molar-refractivity contribution in [3.63, 3.8) is 0 Å². The topological polar surface area (TPSA) is 78.4 Å². The lowest BCUT2D eigenvalue weighted by Gasteiger charge is -2.18. The fraction of sp³-hybridized carbons (Fsp3) is 0.571. The molecule has 0 bridgehead atoms. The van der Waals surface area contributed by atoms with Crippen LogP contribution in [0.3, 0.4) is 0 Å². The number of aromatic carboxylic acids is 1. The highest BCUT2D eigenvalue weighted by Gasteiger charge is 2.20. The van der Waals surface area contributed by atoms with Gasteiger partial charge in [-0.3, -0.25) is 5.32 Å². The first-order valence-electron chi connectivity index (χ1n) is 6.50. The van der Waals surface area contributed by atoms with Crippen molar-refractivity contribution in [3.8, 4) is 0 Å². The van der Waals surface area contributed by atoms with Crippen molar-refractivity contribution in [1.29, 1.82) is 0 Å². The number of hydrogen-bond acceptors (Lipinski definition) is 3. The fourth-order valence-electron chi connectivity index (χ4n) is 1.67. The Morgan fingerprint density at radius 3 is 2.35 bits per heavy atom. The Balaban J connectivity index is 2.67. The van der Waals surface area contributed by atoms with E-state index in [9.17, 15) is 14.7 Å². The van der Waals surface area contributed by atoms with Gasteiger partial charge in [0.2, 0.25) is 0 Å². The first kappa shape index (κ1) is 16.5. The molecule has 1 rings (SSSR count). The summed E-state index contributed by atoms with van der Waals surface area (Å²) in [5.74, 6) is -1.02. The summed E-state index contributed by atoms with van der Waals surface area (Å²) in [6, 6.07) is -0.363. The Labute approximate surface area is 123 Å². The molecule has 1 aromatic rings. The number of hydrogen-bond donors (Lipinski definition) is 3. The Bertz CT molecular complexity index is 515. The van der Waals surface area contributed by atoms with Crippen LogP contribution < -0.4 is 10.6 Å². The number of thiophene rings is 1. The molecule has 0 saturated heterocycles. The summed E-state index contributed by atoms with van der Waals surface area (Å²) in [5, 5.41) is 15.0. The predicted octanol–water partition coefficient (Wildman–Crippen LogP) is 3.62. The summed E-state index contributed by atoms with van der Waals surface area (Å²) < 4.78 is 0. The third kappa shape index (κ3) is 4.52. The number of rotatable bonds is 4. The van der Waals surface area contributed by atoms with Crippen LogP contribution in [0.2, 0.25) is 0 Å². The first-order valence-corrected chi connectivity index (χ1v) is 7.31. The van der Waals surface area contributed by atoms with E-state index in [0.717, 1.165) is 11.3 Å². The predicted molar refractivity (Wildman–Crippen MR) is 81.8 cm³/mol. The average Bonchev–Trinajstić information content (AvgIpc) is 2.52. The van der Waals surface area contributed by atoms with Crippen molar-refractivity contribution in [3.05, 3.63) is 16.0 Å². The summed E-state index contributed by atoms with van der Waals surface area (Å²) in [7, 11) is 0. The summed E-state index contributed by atoms with van der Waals surface area (Å²) >= 11 is 1.28. The second-order valence-corrected chi connectivity index (χ2v) is 7.21. The summed E-state index contributed by atoms with van der Waals surface area (Å²) in [6.45, 7) is 10.4. The van der Waals surface area contributed by atoms with Crippen molar-refractivity contribution < 1.29 is 14.7 Å². The molecule has 1 heterocycles. The molecule has 0 aliphatic heterocycles. The molecule has 0 fully saturated rings. The number of nitrogens with one attached hydrogen (secondary N) is 2. The van der Waals surface area contributed by atoms with Gasteiger partial charge in [-0.05, 0) is 31.2 Å². The van der Waals surface area contributed by atoms with Gasteiger partial charge in [-0.2, -0.15) is 0 Å². The van der Waals surface area contributed by atoms with Crippen molar-refractivity contribution in [2.24, 2.45) is 5.41 Å². The number of carboxylic acids is 1. The second-order valence-electron chi connectivity index (χ2n) is 5.98. The molecule has 112 valence electrons. The SMILES string of the molecule is Cc1sc(NC(=O)NCCC(C)(C)C)c(C(=O)O)c1C. The van der Waals surface area contributed by atoms with Gasteiger partial charge in [0, 0.05) is 11.4 Å². The Hall–Kier alpha value is -1.56. The number of aryl methyl sites for hydroxylation is 1. The first-order chi connectivity index (χ1) is 9.11. The molecule has 0 aliphatic rings. The van der Waals surface area contributed by atoms with Crippen molar-refractivity contribution in [2.45, 2.75) is 41.0 Å². The maximum atomic E-state index is 11.8. The highest BCUT2D eigenvalue weighted by atomic mass is 32.1. The van der Waals surface area contributed by atoms with E-state index in [1.54, 1.807) is 6.92 Å². The third-order valence-corrected chi connectivity index (χ3v) is 4.11. The average molecular weight is 298 g/mol. The molecule has 0 unspecified atom stereocenters. The van der Waals surface area contributed by atoms with Gasteiger partial charge in [0.05, 0.1) is 5.56 Å². The zero-order chi connectivity index (χ0) is 15.5. The Morgan fingerprint density at radius 1 is 1.25 bits per heavy atom. The van der Waals surface area contributed by atoms with E-state index in [1.165, 1.54) is 11.3 Å². The van der Waals surface area contributed by atoms with Gasteiger partial charge in [0.15, 0.2) is 0 Å². The van der Waals surface area contributed by atoms with Crippen LogP contribution in [-0.2, 0) is 0 Å². The number of carboxylic acid groups (broad SMARTS) is 1. The van der Waals surface area contributed by atoms with Crippen LogP contribution in [0, 0.1) is 19.3 Å². The summed E-state index contributed by atoms with van der Waals surface area (Å²) in [6.07, 6.45) is 0.856. The van der Waals surface area contributed by atoms with Gasteiger partial charge in [0.1, 0.15) is 5.00 Å². The van der Waals surface area contributed by atoms with Gasteiger partial charge in [0.25, 0.3) is 0 Å². The van der Waals surface area contributed by atoms with Crippen molar-refractivity contribution in [1.82, 2.24) is 5.32 Å². The number of urea groups is 1. The van der Waals surface area contributed by atoms with Gasteiger partial charge in [-0.15, -0.1) is 11.3 Å². The molecule has 1 aromatic heterocycles. The van der Waals surface area contributed by atoms with Crippen LogP contribution in [0.15, 0.2) is 0 Å². The van der Waals surface area contributed by atoms with Gasteiger partial charge >= 0.3 is 12.0 Å². The fourth-order valence-corrected chi connectivity index (χ4v) is 2.72. The van der Waals surface area contributed by atoms with Crippen molar-refractivity contribution in [2.75, 3.05) is 11.9 Å². The normalized spacial score (nSPS) is 11.2. The number of anilines is 1. The highest BCUT2D eigenvalue weighted by Crippen LogP contribution is 2.32. The van der Waals surface area contributed by atoms with E-state index in [4.69, 9.17) is 0 Å². The van der Waals surface area contributed by atoms with Crippen LogP contribution in [0.5, 0.6) is 0 Å². The van der Waals surface area contributed by atoms with Crippen LogP contribution in [0.25, 0.3) is 0 Å². The molecule has 0 aromatic carbocycles. The Kier molecular flexibility index (Phi) is 5.16. The summed E-state index contributed by atoms with van der Waals surface area (Å²) in [4.78, 5) is 23.9. The minimum Gasteiger partial charge on any atom is -0.478 e. The van der Waals surface area contributed by atoms with Gasteiger partial charge < -0.3 is 10.4 Å². The smallest absolute Gasteiger partial charge is 0.338 e. The molecule has 6 heteroatoms. The maximum absolute atomic E-state index is 11.8. The minimum absolute atomic E-state index is 0.148. The van der Waals surface area contributed by atoms with E-state index in [-0.39, 0.29) is 17.0 Å². The van der Waals surface area contributed by atoms with E-state index in [1.807, 2.05) is 6.92 Å². The third-order valence-electron chi connectivity index (χ3n) is 2.99. The molecule has 3 N–H and O–H groups in total. The molecule has 0 atom stereocenters. The van der Waals surface area contributed by atoms with Crippen LogP contribution in [0.1, 0.15) is 48.0 Å². The second kappa shape index (κ2) is 6.26. The van der Waals surface area contributed by atoms with Crippen molar-refractivity contribution >= 4 is 28.3 Å². The van der Waals surface area contributed by atoms with Crippen LogP contribution in [-0.4, -0.2) is 23.7 Å². The largest absolute Gasteiger partial charge is 0.478 e. The molecule has 5 nitrogen and oxygen atoms in total. The lowest BCUT2D eigenvalue weighted by molar-refractivity contribution is 0.0697. The van der Waals surface area contributed by atoms with Gasteiger partial charge in [-0.1, -0.05) is 20.8 Å². The molecule has 0 aliphatic carbocycles. The molecule has 2 amide bonds.